The molecule has 18 heavy (non-hydrogen) atoms. The molecule has 0 aromatic carbocycles. The van der Waals surface area contributed by atoms with Gasteiger partial charge in [-0.2, -0.15) is 0 Å². The fourth-order valence-corrected chi connectivity index (χ4v) is 2.62. The van der Waals surface area contributed by atoms with Crippen molar-refractivity contribution in [1.29, 1.82) is 0 Å². The van der Waals surface area contributed by atoms with Crippen LogP contribution in [0.4, 0.5) is 0 Å². The fourth-order valence-electron chi connectivity index (χ4n) is 2.62. The highest BCUT2D eigenvalue weighted by molar-refractivity contribution is 4.87. The number of hydrogen-bond acceptors (Lipinski definition) is 4. The highest BCUT2D eigenvalue weighted by Crippen LogP contribution is 2.22. The van der Waals surface area contributed by atoms with Gasteiger partial charge in [0.25, 0.3) is 0 Å². The Morgan fingerprint density at radius 2 is 2.06 bits per heavy atom. The average Bonchev–Trinajstić information content (AvgIpc) is 3.13. The summed E-state index contributed by atoms with van der Waals surface area (Å²) in [6.07, 6.45) is 7.20. The van der Waals surface area contributed by atoms with Gasteiger partial charge in [-0.1, -0.05) is 0 Å². The first-order valence-electron chi connectivity index (χ1n) is 7.10. The lowest BCUT2D eigenvalue weighted by molar-refractivity contribution is 0.170. The number of aryl methyl sites for hydroxylation is 1. The summed E-state index contributed by atoms with van der Waals surface area (Å²) in [6.45, 7) is 4.56. The summed E-state index contributed by atoms with van der Waals surface area (Å²) in [5, 5.41) is 11.7. The Kier molecular flexibility index (Phi) is 3.61. The molecule has 3 rings (SSSR count). The van der Waals surface area contributed by atoms with Crippen molar-refractivity contribution in [3.05, 3.63) is 12.2 Å². The number of rotatable bonds is 5. The highest BCUT2D eigenvalue weighted by atomic mass is 15.3. The van der Waals surface area contributed by atoms with Crippen LogP contribution in [-0.4, -0.2) is 45.3 Å². The van der Waals surface area contributed by atoms with Gasteiger partial charge in [0.1, 0.15) is 12.2 Å². The molecule has 0 atom stereocenters. The third-order valence-corrected chi connectivity index (χ3v) is 4.15. The van der Waals surface area contributed by atoms with E-state index in [1.165, 1.54) is 45.3 Å². The molecular formula is C13H23N5. The third-order valence-electron chi connectivity index (χ3n) is 4.15. The van der Waals surface area contributed by atoms with Crippen molar-refractivity contribution in [3.8, 4) is 0 Å². The molecule has 5 nitrogen and oxygen atoms in total. The van der Waals surface area contributed by atoms with Crippen molar-refractivity contribution in [2.75, 3.05) is 19.6 Å². The molecule has 2 heterocycles. The standard InChI is InChI=1S/C13H23N5/c1-17-10-15-16-13(17)9-18-6-4-11(5-7-18)8-14-12-2-3-12/h10-12,14H,2-9H2,1H3. The maximum atomic E-state index is 4.16. The van der Waals surface area contributed by atoms with E-state index < -0.39 is 0 Å². The molecule has 2 fully saturated rings. The molecule has 1 saturated carbocycles. The minimum atomic E-state index is 0.849. The molecule has 1 aliphatic heterocycles. The number of piperidine rings is 1. The van der Waals surface area contributed by atoms with E-state index in [2.05, 4.69) is 20.4 Å². The highest BCUT2D eigenvalue weighted by Gasteiger charge is 2.24. The largest absolute Gasteiger partial charge is 0.320 e. The summed E-state index contributed by atoms with van der Waals surface area (Å²) in [5.41, 5.74) is 0. The maximum Gasteiger partial charge on any atom is 0.146 e. The number of hydrogen-bond donors (Lipinski definition) is 1. The lowest BCUT2D eigenvalue weighted by atomic mass is 9.97. The molecule has 1 aromatic rings. The number of aromatic nitrogens is 3. The van der Waals surface area contributed by atoms with Gasteiger partial charge in [0.05, 0.1) is 6.54 Å². The fraction of sp³-hybridized carbons (Fsp3) is 0.846. The smallest absolute Gasteiger partial charge is 0.146 e. The molecule has 1 saturated heterocycles. The Morgan fingerprint density at radius 3 is 2.67 bits per heavy atom. The Bertz CT molecular complexity index is 376. The minimum Gasteiger partial charge on any atom is -0.320 e. The van der Waals surface area contributed by atoms with Crippen LogP contribution in [0, 0.1) is 5.92 Å². The number of likely N-dealkylation sites (tertiary alicyclic amines) is 1. The van der Waals surface area contributed by atoms with Gasteiger partial charge in [-0.3, -0.25) is 4.90 Å². The molecule has 2 aliphatic rings. The molecule has 0 bridgehead atoms. The Hall–Kier alpha value is -0.940. The van der Waals surface area contributed by atoms with E-state index >= 15 is 0 Å². The van der Waals surface area contributed by atoms with E-state index in [9.17, 15) is 0 Å². The number of nitrogens with one attached hydrogen (secondary N) is 1. The van der Waals surface area contributed by atoms with Crippen LogP contribution in [0.25, 0.3) is 0 Å². The second-order valence-electron chi connectivity index (χ2n) is 5.76. The van der Waals surface area contributed by atoms with Crippen LogP contribution in [0.5, 0.6) is 0 Å². The van der Waals surface area contributed by atoms with Gasteiger partial charge in [-0.15, -0.1) is 10.2 Å². The van der Waals surface area contributed by atoms with E-state index in [1.807, 2.05) is 11.6 Å². The summed E-state index contributed by atoms with van der Waals surface area (Å²) in [5.74, 6) is 1.95. The van der Waals surface area contributed by atoms with Gasteiger partial charge in [-0.05, 0) is 51.2 Å². The van der Waals surface area contributed by atoms with Gasteiger partial charge < -0.3 is 9.88 Å². The van der Waals surface area contributed by atoms with Crippen LogP contribution in [0.1, 0.15) is 31.5 Å². The van der Waals surface area contributed by atoms with Crippen LogP contribution < -0.4 is 5.32 Å². The molecule has 0 amide bonds. The zero-order valence-corrected chi connectivity index (χ0v) is 11.2. The van der Waals surface area contributed by atoms with E-state index in [1.54, 1.807) is 6.33 Å². The predicted octanol–water partition coefficient (Wildman–Crippen LogP) is 0.779. The second kappa shape index (κ2) is 5.36. The lowest BCUT2D eigenvalue weighted by Crippen LogP contribution is -2.37. The quantitative estimate of drug-likeness (QED) is 0.837. The summed E-state index contributed by atoms with van der Waals surface area (Å²) in [6, 6.07) is 0.849. The van der Waals surface area contributed by atoms with Crippen molar-refractivity contribution >= 4 is 0 Å². The van der Waals surface area contributed by atoms with Crippen molar-refractivity contribution in [2.24, 2.45) is 13.0 Å². The van der Waals surface area contributed by atoms with Gasteiger partial charge in [0.15, 0.2) is 0 Å². The van der Waals surface area contributed by atoms with E-state index in [4.69, 9.17) is 0 Å². The Labute approximate surface area is 109 Å². The predicted molar refractivity (Wildman–Crippen MR) is 70.0 cm³/mol. The van der Waals surface area contributed by atoms with Crippen LogP contribution in [-0.2, 0) is 13.6 Å². The summed E-state index contributed by atoms with van der Waals surface area (Å²) < 4.78 is 2.01. The maximum absolute atomic E-state index is 4.16. The minimum absolute atomic E-state index is 0.849. The monoisotopic (exact) mass is 249 g/mol. The molecule has 1 aliphatic carbocycles. The first-order chi connectivity index (χ1) is 8.81. The number of nitrogens with zero attached hydrogens (tertiary/aromatic N) is 4. The average molecular weight is 249 g/mol. The van der Waals surface area contributed by atoms with Crippen LogP contribution in [0.15, 0.2) is 6.33 Å². The van der Waals surface area contributed by atoms with Crippen LogP contribution in [0.2, 0.25) is 0 Å². The Balaban J connectivity index is 1.40. The van der Waals surface area contributed by atoms with Crippen molar-refractivity contribution in [2.45, 2.75) is 38.3 Å². The van der Waals surface area contributed by atoms with Gasteiger partial charge in [0.2, 0.25) is 0 Å². The molecule has 0 unspecified atom stereocenters. The van der Waals surface area contributed by atoms with Gasteiger partial charge in [0, 0.05) is 13.1 Å². The molecule has 0 spiro atoms. The van der Waals surface area contributed by atoms with Crippen LogP contribution in [0.3, 0.4) is 0 Å². The van der Waals surface area contributed by atoms with Gasteiger partial charge >= 0.3 is 0 Å². The van der Waals surface area contributed by atoms with E-state index in [0.29, 0.717) is 0 Å². The molecular weight excluding hydrogens is 226 g/mol. The molecule has 0 radical (unpaired) electrons. The molecule has 100 valence electrons. The first-order valence-corrected chi connectivity index (χ1v) is 7.10. The topological polar surface area (TPSA) is 46.0 Å². The molecule has 1 aromatic heterocycles. The van der Waals surface area contributed by atoms with E-state index in [-0.39, 0.29) is 0 Å². The van der Waals surface area contributed by atoms with Gasteiger partial charge in [-0.25, -0.2) is 0 Å². The van der Waals surface area contributed by atoms with E-state index in [0.717, 1.165) is 24.3 Å². The summed E-state index contributed by atoms with van der Waals surface area (Å²) >= 11 is 0. The summed E-state index contributed by atoms with van der Waals surface area (Å²) in [7, 11) is 2.02. The second-order valence-corrected chi connectivity index (χ2v) is 5.76. The summed E-state index contributed by atoms with van der Waals surface area (Å²) in [4.78, 5) is 2.50. The van der Waals surface area contributed by atoms with Crippen molar-refractivity contribution < 1.29 is 0 Å². The normalized spacial score (nSPS) is 22.5. The van der Waals surface area contributed by atoms with Crippen molar-refractivity contribution in [3.63, 3.8) is 0 Å². The first kappa shape index (κ1) is 12.1. The van der Waals surface area contributed by atoms with Crippen LogP contribution >= 0.6 is 0 Å². The third kappa shape index (κ3) is 3.09. The SMILES string of the molecule is Cn1cnnc1CN1CCC(CNC2CC2)CC1. The zero-order valence-electron chi connectivity index (χ0n) is 11.2. The Morgan fingerprint density at radius 1 is 1.28 bits per heavy atom. The zero-order chi connectivity index (χ0) is 12.4. The molecule has 1 N–H and O–H groups in total. The van der Waals surface area contributed by atoms with Crippen molar-refractivity contribution in [1.82, 2.24) is 25.0 Å². The lowest BCUT2D eigenvalue weighted by Gasteiger charge is -2.31. The molecule has 5 heteroatoms.